The highest BCUT2D eigenvalue weighted by atomic mass is 32.2. The van der Waals surface area contributed by atoms with Gasteiger partial charge in [0.15, 0.2) is 0 Å². The summed E-state index contributed by atoms with van der Waals surface area (Å²) in [6.07, 6.45) is 5.88. The molecule has 0 radical (unpaired) electrons. The van der Waals surface area contributed by atoms with Crippen LogP contribution in [-0.2, 0) is 10.0 Å². The minimum absolute atomic E-state index is 0.515. The molecule has 3 nitrogen and oxygen atoms in total. The van der Waals surface area contributed by atoms with Crippen molar-refractivity contribution in [2.75, 3.05) is 6.54 Å². The molecule has 0 aliphatic carbocycles. The van der Waals surface area contributed by atoms with E-state index in [9.17, 15) is 8.42 Å². The quantitative estimate of drug-likeness (QED) is 0.735. The van der Waals surface area contributed by atoms with Crippen LogP contribution in [0.3, 0.4) is 0 Å². The molecule has 0 spiro atoms. The monoisotopic (exact) mass is 267 g/mol. The highest BCUT2D eigenvalue weighted by molar-refractivity contribution is 7.92. The molecule has 0 aromatic heterocycles. The smallest absolute Gasteiger partial charge is 0.212 e. The maximum absolute atomic E-state index is 11.6. The Bertz CT molecular complexity index is 452. The van der Waals surface area contributed by atoms with Crippen molar-refractivity contribution in [1.29, 1.82) is 0 Å². The fourth-order valence-corrected chi connectivity index (χ4v) is 2.41. The van der Waals surface area contributed by atoms with Crippen LogP contribution in [0.25, 0.3) is 6.08 Å². The zero-order chi connectivity index (χ0) is 13.3. The third-order valence-electron chi connectivity index (χ3n) is 2.57. The van der Waals surface area contributed by atoms with Gasteiger partial charge in [0.2, 0.25) is 10.0 Å². The Morgan fingerprint density at radius 3 is 2.50 bits per heavy atom. The van der Waals surface area contributed by atoms with Gasteiger partial charge in [-0.15, -0.1) is 0 Å². The normalized spacial score (nSPS) is 12.1. The summed E-state index contributed by atoms with van der Waals surface area (Å²) in [5.41, 5.74) is 0.883. The standard InChI is InChI=1S/C14H21NO2S/c1-2-3-4-8-12-15-18(16,17)13-11-14-9-6-5-7-10-14/h5-7,9-11,13,15H,2-4,8,12H2,1H3/b13-11+. The van der Waals surface area contributed by atoms with Crippen LogP contribution in [0.1, 0.15) is 38.2 Å². The number of unbranched alkanes of at least 4 members (excludes halogenated alkanes) is 3. The lowest BCUT2D eigenvalue weighted by Crippen LogP contribution is -2.22. The van der Waals surface area contributed by atoms with E-state index in [1.165, 1.54) is 5.41 Å². The van der Waals surface area contributed by atoms with Crippen molar-refractivity contribution in [1.82, 2.24) is 4.72 Å². The highest BCUT2D eigenvalue weighted by Gasteiger charge is 2.03. The van der Waals surface area contributed by atoms with Gasteiger partial charge in [-0.3, -0.25) is 0 Å². The van der Waals surface area contributed by atoms with Crippen LogP contribution in [0.4, 0.5) is 0 Å². The third kappa shape index (κ3) is 6.57. The van der Waals surface area contributed by atoms with E-state index in [0.717, 1.165) is 31.2 Å². The molecule has 0 saturated carbocycles. The van der Waals surface area contributed by atoms with Crippen molar-refractivity contribution in [3.8, 4) is 0 Å². The van der Waals surface area contributed by atoms with Crippen LogP contribution in [0, 0.1) is 0 Å². The van der Waals surface area contributed by atoms with Crippen molar-refractivity contribution in [3.05, 3.63) is 41.3 Å². The third-order valence-corrected chi connectivity index (χ3v) is 3.67. The average Bonchev–Trinajstić information content (AvgIpc) is 2.38. The SMILES string of the molecule is CCCCCCNS(=O)(=O)/C=C/c1ccccc1. The number of benzene rings is 1. The summed E-state index contributed by atoms with van der Waals surface area (Å²) < 4.78 is 25.9. The molecule has 4 heteroatoms. The van der Waals surface area contributed by atoms with Crippen LogP contribution < -0.4 is 4.72 Å². The van der Waals surface area contributed by atoms with Gasteiger partial charge in [0.05, 0.1) is 0 Å². The van der Waals surface area contributed by atoms with Gasteiger partial charge in [0.1, 0.15) is 0 Å². The van der Waals surface area contributed by atoms with Gasteiger partial charge in [-0.25, -0.2) is 13.1 Å². The predicted molar refractivity (Wildman–Crippen MR) is 76.5 cm³/mol. The Morgan fingerprint density at radius 1 is 1.11 bits per heavy atom. The molecular formula is C14H21NO2S. The Kier molecular flexibility index (Phi) is 6.68. The molecular weight excluding hydrogens is 246 g/mol. The van der Waals surface area contributed by atoms with Gasteiger partial charge in [0.25, 0.3) is 0 Å². The van der Waals surface area contributed by atoms with Crippen molar-refractivity contribution in [3.63, 3.8) is 0 Å². The first-order valence-electron chi connectivity index (χ1n) is 6.37. The van der Waals surface area contributed by atoms with Gasteiger partial charge < -0.3 is 0 Å². The predicted octanol–water partition coefficient (Wildman–Crippen LogP) is 3.16. The van der Waals surface area contributed by atoms with E-state index >= 15 is 0 Å². The molecule has 0 aliphatic rings. The molecule has 1 aromatic carbocycles. The summed E-state index contributed by atoms with van der Waals surface area (Å²) >= 11 is 0. The molecule has 1 aromatic rings. The minimum Gasteiger partial charge on any atom is -0.212 e. The zero-order valence-corrected chi connectivity index (χ0v) is 11.6. The highest BCUT2D eigenvalue weighted by Crippen LogP contribution is 2.03. The molecule has 18 heavy (non-hydrogen) atoms. The number of nitrogens with one attached hydrogen (secondary N) is 1. The second kappa shape index (κ2) is 8.06. The minimum atomic E-state index is -3.30. The molecule has 0 bridgehead atoms. The summed E-state index contributed by atoms with van der Waals surface area (Å²) in [6.45, 7) is 2.65. The maximum atomic E-state index is 11.6. The van der Waals surface area contributed by atoms with E-state index in [0.29, 0.717) is 6.54 Å². The lowest BCUT2D eigenvalue weighted by molar-refractivity contribution is 0.582. The van der Waals surface area contributed by atoms with Crippen LogP contribution in [0.15, 0.2) is 35.7 Å². The zero-order valence-electron chi connectivity index (χ0n) is 10.8. The lowest BCUT2D eigenvalue weighted by Gasteiger charge is -2.02. The number of hydrogen-bond acceptors (Lipinski definition) is 2. The molecule has 0 saturated heterocycles. The van der Waals surface area contributed by atoms with Gasteiger partial charge in [0, 0.05) is 12.0 Å². The van der Waals surface area contributed by atoms with E-state index in [1.54, 1.807) is 6.08 Å². The molecule has 0 fully saturated rings. The largest absolute Gasteiger partial charge is 0.233 e. The molecule has 1 N–H and O–H groups in total. The van der Waals surface area contributed by atoms with Gasteiger partial charge in [-0.2, -0.15) is 0 Å². The van der Waals surface area contributed by atoms with Crippen LogP contribution >= 0.6 is 0 Å². The molecule has 0 aliphatic heterocycles. The number of sulfonamides is 1. The van der Waals surface area contributed by atoms with Crippen molar-refractivity contribution >= 4 is 16.1 Å². The first kappa shape index (κ1) is 14.9. The van der Waals surface area contributed by atoms with Crippen molar-refractivity contribution < 1.29 is 8.42 Å². The first-order chi connectivity index (χ1) is 8.64. The summed E-state index contributed by atoms with van der Waals surface area (Å²) in [5.74, 6) is 0. The fourth-order valence-electron chi connectivity index (χ4n) is 1.55. The average molecular weight is 267 g/mol. The second-order valence-electron chi connectivity index (χ2n) is 4.21. The van der Waals surface area contributed by atoms with E-state index < -0.39 is 10.0 Å². The summed E-state index contributed by atoms with van der Waals surface area (Å²) in [6, 6.07) is 9.40. The maximum Gasteiger partial charge on any atom is 0.233 e. The molecule has 100 valence electrons. The van der Waals surface area contributed by atoms with Crippen LogP contribution in [-0.4, -0.2) is 15.0 Å². The topological polar surface area (TPSA) is 46.2 Å². The van der Waals surface area contributed by atoms with E-state index in [4.69, 9.17) is 0 Å². The van der Waals surface area contributed by atoms with E-state index in [-0.39, 0.29) is 0 Å². The second-order valence-corrected chi connectivity index (χ2v) is 5.86. The lowest BCUT2D eigenvalue weighted by atomic mass is 10.2. The Labute approximate surface area is 110 Å². The summed E-state index contributed by atoms with van der Waals surface area (Å²) in [5, 5.41) is 1.22. The van der Waals surface area contributed by atoms with Crippen LogP contribution in [0.5, 0.6) is 0 Å². The molecule has 0 atom stereocenters. The van der Waals surface area contributed by atoms with Gasteiger partial charge >= 0.3 is 0 Å². The Morgan fingerprint density at radius 2 is 1.83 bits per heavy atom. The first-order valence-corrected chi connectivity index (χ1v) is 7.91. The van der Waals surface area contributed by atoms with Gasteiger partial charge in [-0.05, 0) is 18.1 Å². The molecule has 1 rings (SSSR count). The van der Waals surface area contributed by atoms with E-state index in [2.05, 4.69) is 11.6 Å². The van der Waals surface area contributed by atoms with Gasteiger partial charge in [-0.1, -0.05) is 56.5 Å². The number of hydrogen-bond donors (Lipinski definition) is 1. The van der Waals surface area contributed by atoms with Crippen LogP contribution in [0.2, 0.25) is 0 Å². The summed E-state index contributed by atoms with van der Waals surface area (Å²) in [4.78, 5) is 0. The fraction of sp³-hybridized carbons (Fsp3) is 0.429. The number of rotatable bonds is 8. The summed E-state index contributed by atoms with van der Waals surface area (Å²) in [7, 11) is -3.30. The molecule has 0 heterocycles. The van der Waals surface area contributed by atoms with Crippen molar-refractivity contribution in [2.45, 2.75) is 32.6 Å². The molecule has 0 amide bonds. The Balaban J connectivity index is 2.38. The Hall–Kier alpha value is -1.13. The van der Waals surface area contributed by atoms with E-state index in [1.807, 2.05) is 30.3 Å². The van der Waals surface area contributed by atoms with Crippen molar-refractivity contribution in [2.24, 2.45) is 0 Å². The molecule has 0 unspecified atom stereocenters.